The molecule has 1 fully saturated rings. The molecular weight excluding hydrogens is 363 g/mol. The van der Waals surface area contributed by atoms with Crippen molar-refractivity contribution in [3.63, 3.8) is 0 Å². The summed E-state index contributed by atoms with van der Waals surface area (Å²) in [7, 11) is 0. The molecule has 3 N–H and O–H groups in total. The Morgan fingerprint density at radius 2 is 1.89 bits per heavy atom. The Bertz CT molecular complexity index is 836. The first kappa shape index (κ1) is 19.6. The molecule has 0 radical (unpaired) electrons. The van der Waals surface area contributed by atoms with Crippen molar-refractivity contribution < 1.29 is 19.1 Å². The number of carbonyl (C=O) groups excluding carboxylic acids is 1. The van der Waals surface area contributed by atoms with Crippen molar-refractivity contribution in [2.24, 2.45) is 11.7 Å². The van der Waals surface area contributed by atoms with Gasteiger partial charge in [-0.05, 0) is 48.6 Å². The maximum absolute atomic E-state index is 13.2. The highest BCUT2D eigenvalue weighted by Crippen LogP contribution is 2.31. The Morgan fingerprint density at radius 3 is 2.50 bits per heavy atom. The topological polar surface area (TPSA) is 99.8 Å². The molecule has 8 heteroatoms. The van der Waals surface area contributed by atoms with E-state index in [4.69, 9.17) is 5.73 Å². The van der Waals surface area contributed by atoms with Crippen LogP contribution < -0.4 is 10.6 Å². The summed E-state index contributed by atoms with van der Waals surface area (Å²) in [6, 6.07) is 10.1. The van der Waals surface area contributed by atoms with E-state index in [-0.39, 0.29) is 18.3 Å². The summed E-state index contributed by atoms with van der Waals surface area (Å²) in [4.78, 5) is 30.1. The normalized spacial score (nSPS) is 14.7. The third-order valence-electron chi connectivity index (χ3n) is 4.95. The number of aromatic nitrogens is 1. The maximum atomic E-state index is 13.2. The minimum atomic E-state index is -1.13. The van der Waals surface area contributed by atoms with Gasteiger partial charge in [-0.2, -0.15) is 0 Å². The average molecular weight is 386 g/mol. The number of rotatable bonds is 6. The smallest absolute Gasteiger partial charge is 0.407 e. The quantitative estimate of drug-likeness (QED) is 0.795. The number of anilines is 1. The lowest BCUT2D eigenvalue weighted by atomic mass is 9.95. The van der Waals surface area contributed by atoms with Gasteiger partial charge in [0.2, 0.25) is 5.91 Å². The molecule has 3 rings (SSSR count). The van der Waals surface area contributed by atoms with Gasteiger partial charge in [0.05, 0.1) is 0 Å². The van der Waals surface area contributed by atoms with Crippen LogP contribution in [0.2, 0.25) is 0 Å². The molecular formula is C20H23FN4O3. The zero-order chi connectivity index (χ0) is 20.1. The zero-order valence-electron chi connectivity index (χ0n) is 15.4. The molecule has 28 heavy (non-hydrogen) atoms. The number of carboxylic acid groups (broad SMARTS) is 1. The Labute approximate surface area is 162 Å². The summed E-state index contributed by atoms with van der Waals surface area (Å²) < 4.78 is 13.2. The molecule has 1 saturated heterocycles. The van der Waals surface area contributed by atoms with Gasteiger partial charge in [-0.3, -0.25) is 9.69 Å². The molecule has 0 aliphatic carbocycles. The lowest BCUT2D eigenvalue weighted by Gasteiger charge is -2.35. The Morgan fingerprint density at radius 1 is 1.21 bits per heavy atom. The minimum absolute atomic E-state index is 0.157. The second kappa shape index (κ2) is 8.69. The monoisotopic (exact) mass is 386 g/mol. The number of pyridine rings is 1. The Hall–Kier alpha value is -3.16. The van der Waals surface area contributed by atoms with Crippen LogP contribution in [0.25, 0.3) is 11.1 Å². The summed E-state index contributed by atoms with van der Waals surface area (Å²) in [5.74, 6) is 0.0516. The minimum Gasteiger partial charge on any atom is -0.465 e. The summed E-state index contributed by atoms with van der Waals surface area (Å²) in [5, 5.41) is 9.24. The number of piperidine rings is 1. The molecule has 2 heterocycles. The first-order valence-electron chi connectivity index (χ1n) is 9.16. The molecule has 1 aliphatic heterocycles. The lowest BCUT2D eigenvalue weighted by molar-refractivity contribution is -0.119. The molecule has 2 amide bonds. The number of hydrogen-bond donors (Lipinski definition) is 2. The number of amides is 2. The second-order valence-corrected chi connectivity index (χ2v) is 6.94. The van der Waals surface area contributed by atoms with E-state index >= 15 is 0 Å². The van der Waals surface area contributed by atoms with Gasteiger partial charge in [-0.15, -0.1) is 0 Å². The molecule has 1 aromatic heterocycles. The largest absolute Gasteiger partial charge is 0.465 e. The maximum Gasteiger partial charge on any atom is 0.407 e. The van der Waals surface area contributed by atoms with Crippen molar-refractivity contribution >= 4 is 17.8 Å². The van der Waals surface area contributed by atoms with Crippen molar-refractivity contribution in [1.29, 1.82) is 0 Å². The predicted molar refractivity (Wildman–Crippen MR) is 103 cm³/mol. The molecule has 0 bridgehead atoms. The number of nitrogens with two attached hydrogens (primary N) is 1. The van der Waals surface area contributed by atoms with E-state index in [0.29, 0.717) is 6.54 Å². The highest BCUT2D eigenvalue weighted by atomic mass is 19.1. The van der Waals surface area contributed by atoms with Crippen molar-refractivity contribution in [3.05, 3.63) is 48.4 Å². The summed E-state index contributed by atoms with van der Waals surface area (Å²) in [5.41, 5.74) is 6.96. The molecule has 0 unspecified atom stereocenters. The molecule has 0 atom stereocenters. The van der Waals surface area contributed by atoms with Crippen LogP contribution in [0.3, 0.4) is 0 Å². The number of halogens is 1. The van der Waals surface area contributed by atoms with Crippen LogP contribution in [0.5, 0.6) is 0 Å². The van der Waals surface area contributed by atoms with Crippen LogP contribution in [0, 0.1) is 11.7 Å². The summed E-state index contributed by atoms with van der Waals surface area (Å²) in [6.07, 6.45) is 2.15. The van der Waals surface area contributed by atoms with Gasteiger partial charge in [0, 0.05) is 31.4 Å². The third kappa shape index (κ3) is 4.76. The van der Waals surface area contributed by atoms with E-state index < -0.39 is 12.0 Å². The predicted octanol–water partition coefficient (Wildman–Crippen LogP) is 2.57. The molecule has 1 aliphatic rings. The first-order valence-corrected chi connectivity index (χ1v) is 9.16. The van der Waals surface area contributed by atoms with Gasteiger partial charge in [0.25, 0.3) is 0 Å². The Balaban J connectivity index is 1.68. The number of benzene rings is 1. The van der Waals surface area contributed by atoms with Crippen LogP contribution in [0.1, 0.15) is 12.8 Å². The molecule has 0 spiro atoms. The SMILES string of the molecule is NC(=O)CN(CC1CCN(c2ncccc2-c2ccc(F)cc2)CC1)C(=O)O. The van der Waals surface area contributed by atoms with Gasteiger partial charge in [-0.25, -0.2) is 14.2 Å². The number of carbonyl (C=O) groups is 2. The lowest BCUT2D eigenvalue weighted by Crippen LogP contribution is -2.43. The van der Waals surface area contributed by atoms with E-state index in [1.165, 1.54) is 12.1 Å². The molecule has 148 valence electrons. The van der Waals surface area contributed by atoms with Crippen molar-refractivity contribution in [3.8, 4) is 11.1 Å². The Kier molecular flexibility index (Phi) is 6.08. The van der Waals surface area contributed by atoms with E-state index in [2.05, 4.69) is 9.88 Å². The number of primary amides is 1. The fourth-order valence-electron chi connectivity index (χ4n) is 3.54. The van der Waals surface area contributed by atoms with Gasteiger partial charge >= 0.3 is 6.09 Å². The van der Waals surface area contributed by atoms with Crippen molar-refractivity contribution in [2.45, 2.75) is 12.8 Å². The zero-order valence-corrected chi connectivity index (χ0v) is 15.4. The fourth-order valence-corrected chi connectivity index (χ4v) is 3.54. The van der Waals surface area contributed by atoms with Gasteiger partial charge in [0.1, 0.15) is 18.2 Å². The number of nitrogens with zero attached hydrogens (tertiary/aromatic N) is 3. The molecule has 2 aromatic rings. The van der Waals surface area contributed by atoms with Crippen LogP contribution >= 0.6 is 0 Å². The van der Waals surface area contributed by atoms with Crippen LogP contribution in [-0.2, 0) is 4.79 Å². The van der Waals surface area contributed by atoms with Crippen molar-refractivity contribution in [2.75, 3.05) is 31.1 Å². The van der Waals surface area contributed by atoms with Gasteiger partial charge in [0.15, 0.2) is 0 Å². The van der Waals surface area contributed by atoms with Crippen LogP contribution in [-0.4, -0.2) is 53.2 Å². The van der Waals surface area contributed by atoms with E-state index in [9.17, 15) is 19.1 Å². The molecule has 0 saturated carbocycles. The highest BCUT2D eigenvalue weighted by molar-refractivity contribution is 5.80. The second-order valence-electron chi connectivity index (χ2n) is 6.94. The van der Waals surface area contributed by atoms with Gasteiger partial charge < -0.3 is 15.7 Å². The van der Waals surface area contributed by atoms with Crippen molar-refractivity contribution in [1.82, 2.24) is 9.88 Å². The standard InChI is InChI=1S/C20H23FN4O3/c21-16-5-3-15(4-6-16)17-2-1-9-23-19(17)24-10-7-14(8-11-24)12-25(20(27)28)13-18(22)26/h1-6,9,14H,7-8,10-13H2,(H2,22,26)(H,27,28). The highest BCUT2D eigenvalue weighted by Gasteiger charge is 2.26. The average Bonchev–Trinajstić information content (AvgIpc) is 2.68. The third-order valence-corrected chi connectivity index (χ3v) is 4.95. The van der Waals surface area contributed by atoms with E-state index in [0.717, 1.165) is 47.8 Å². The molecule has 7 nitrogen and oxygen atoms in total. The fraction of sp³-hybridized carbons (Fsp3) is 0.350. The first-order chi connectivity index (χ1) is 13.4. The van der Waals surface area contributed by atoms with Gasteiger partial charge in [-0.1, -0.05) is 12.1 Å². The number of hydrogen-bond acceptors (Lipinski definition) is 4. The van der Waals surface area contributed by atoms with Crippen LogP contribution in [0.4, 0.5) is 15.0 Å². The van der Waals surface area contributed by atoms with E-state index in [1.54, 1.807) is 18.3 Å². The van der Waals surface area contributed by atoms with Crippen LogP contribution in [0.15, 0.2) is 42.6 Å². The molecule has 1 aromatic carbocycles. The summed E-state index contributed by atoms with van der Waals surface area (Å²) >= 11 is 0. The summed E-state index contributed by atoms with van der Waals surface area (Å²) in [6.45, 7) is 1.45. The van der Waals surface area contributed by atoms with E-state index in [1.807, 2.05) is 12.1 Å².